The maximum atomic E-state index is 5.83. The molecule has 0 aliphatic heterocycles. The van der Waals surface area contributed by atoms with Gasteiger partial charge < -0.3 is 10.3 Å². The highest BCUT2D eigenvalue weighted by Gasteiger charge is 2.13. The van der Waals surface area contributed by atoms with Gasteiger partial charge in [-0.05, 0) is 23.7 Å². The SMILES string of the molecule is Nc1ccccc1-c1noc(-c2csnn2)n1. The van der Waals surface area contributed by atoms with Crippen molar-refractivity contribution >= 4 is 17.2 Å². The molecule has 17 heavy (non-hydrogen) atoms. The molecule has 0 aliphatic carbocycles. The van der Waals surface area contributed by atoms with Gasteiger partial charge in [-0.2, -0.15) is 4.98 Å². The number of nitrogen functional groups attached to an aromatic ring is 1. The number of nitrogens with zero attached hydrogens (tertiary/aromatic N) is 4. The van der Waals surface area contributed by atoms with Crippen molar-refractivity contribution in [1.82, 2.24) is 19.7 Å². The summed E-state index contributed by atoms with van der Waals surface area (Å²) in [5.74, 6) is 0.795. The number of nitrogens with two attached hydrogens (primary N) is 1. The number of anilines is 1. The molecule has 0 bridgehead atoms. The van der Waals surface area contributed by atoms with Crippen LogP contribution in [0.15, 0.2) is 34.2 Å². The molecule has 0 fully saturated rings. The summed E-state index contributed by atoms with van der Waals surface area (Å²) in [4.78, 5) is 4.23. The van der Waals surface area contributed by atoms with E-state index in [0.29, 0.717) is 23.1 Å². The predicted molar refractivity (Wildman–Crippen MR) is 63.0 cm³/mol. The molecule has 0 atom stereocenters. The molecule has 7 heteroatoms. The number of benzene rings is 1. The summed E-state index contributed by atoms with van der Waals surface area (Å²) >= 11 is 1.23. The molecule has 0 amide bonds. The van der Waals surface area contributed by atoms with Crippen molar-refractivity contribution < 1.29 is 4.52 Å². The summed E-state index contributed by atoms with van der Waals surface area (Å²) in [6.45, 7) is 0. The van der Waals surface area contributed by atoms with E-state index >= 15 is 0 Å². The monoisotopic (exact) mass is 245 g/mol. The fraction of sp³-hybridized carbons (Fsp3) is 0. The topological polar surface area (TPSA) is 90.7 Å². The largest absolute Gasteiger partial charge is 0.398 e. The van der Waals surface area contributed by atoms with Crippen molar-refractivity contribution in [3.63, 3.8) is 0 Å². The molecule has 3 aromatic rings. The Bertz CT molecular complexity index is 634. The zero-order valence-electron chi connectivity index (χ0n) is 8.57. The van der Waals surface area contributed by atoms with Gasteiger partial charge >= 0.3 is 0 Å². The normalized spacial score (nSPS) is 10.6. The molecule has 2 N–H and O–H groups in total. The van der Waals surface area contributed by atoms with Crippen LogP contribution in [-0.2, 0) is 0 Å². The minimum absolute atomic E-state index is 0.344. The molecule has 0 aliphatic rings. The van der Waals surface area contributed by atoms with Crippen LogP contribution in [0.2, 0.25) is 0 Å². The Hall–Kier alpha value is -2.28. The van der Waals surface area contributed by atoms with Crippen molar-refractivity contribution in [3.05, 3.63) is 29.6 Å². The van der Waals surface area contributed by atoms with Crippen LogP contribution in [0.1, 0.15) is 0 Å². The van der Waals surface area contributed by atoms with E-state index in [1.165, 1.54) is 11.5 Å². The standard InChI is InChI=1S/C10H7N5OS/c11-7-4-2-1-3-6(7)9-12-10(16-14-9)8-5-17-15-13-8/h1-5H,11H2. The predicted octanol–water partition coefficient (Wildman–Crippen LogP) is 1.84. The van der Waals surface area contributed by atoms with Crippen LogP contribution in [0.3, 0.4) is 0 Å². The molecule has 3 rings (SSSR count). The molecular weight excluding hydrogens is 238 g/mol. The van der Waals surface area contributed by atoms with Gasteiger partial charge in [-0.15, -0.1) is 5.10 Å². The van der Waals surface area contributed by atoms with E-state index in [1.54, 1.807) is 11.4 Å². The number of hydrogen-bond donors (Lipinski definition) is 1. The van der Waals surface area contributed by atoms with E-state index in [1.807, 2.05) is 18.2 Å². The fourth-order valence-corrected chi connectivity index (χ4v) is 1.83. The summed E-state index contributed by atoms with van der Waals surface area (Å²) in [7, 11) is 0. The molecule has 2 heterocycles. The first-order valence-electron chi connectivity index (χ1n) is 4.80. The lowest BCUT2D eigenvalue weighted by atomic mass is 10.2. The molecule has 0 radical (unpaired) electrons. The zero-order chi connectivity index (χ0) is 11.7. The lowest BCUT2D eigenvalue weighted by molar-refractivity contribution is 0.431. The molecule has 6 nitrogen and oxygen atoms in total. The Morgan fingerprint density at radius 1 is 1.24 bits per heavy atom. The van der Waals surface area contributed by atoms with Gasteiger partial charge in [-0.3, -0.25) is 0 Å². The second-order valence-corrected chi connectivity index (χ2v) is 3.91. The molecule has 1 aromatic carbocycles. The van der Waals surface area contributed by atoms with Crippen LogP contribution in [0.4, 0.5) is 5.69 Å². The average molecular weight is 245 g/mol. The first-order chi connectivity index (χ1) is 8.34. The van der Waals surface area contributed by atoms with Gasteiger partial charge in [0.05, 0.1) is 0 Å². The molecule has 0 spiro atoms. The van der Waals surface area contributed by atoms with Gasteiger partial charge in [0.15, 0.2) is 5.69 Å². The van der Waals surface area contributed by atoms with Crippen LogP contribution >= 0.6 is 11.5 Å². The second-order valence-electron chi connectivity index (χ2n) is 3.30. The lowest BCUT2D eigenvalue weighted by Gasteiger charge is -1.97. The third kappa shape index (κ3) is 1.76. The van der Waals surface area contributed by atoms with E-state index < -0.39 is 0 Å². The summed E-state index contributed by atoms with van der Waals surface area (Å²) in [5, 5.41) is 9.47. The van der Waals surface area contributed by atoms with Gasteiger partial charge in [0.2, 0.25) is 5.82 Å². The highest BCUT2D eigenvalue weighted by Crippen LogP contribution is 2.25. The molecule has 0 saturated heterocycles. The van der Waals surface area contributed by atoms with E-state index in [2.05, 4.69) is 19.7 Å². The Labute approximate surface area is 100 Å². The Morgan fingerprint density at radius 3 is 2.88 bits per heavy atom. The summed E-state index contributed by atoms with van der Waals surface area (Å²) < 4.78 is 8.84. The molecule has 0 saturated carbocycles. The number of para-hydroxylation sites is 1. The maximum Gasteiger partial charge on any atom is 0.279 e. The van der Waals surface area contributed by atoms with Gasteiger partial charge in [0.25, 0.3) is 5.89 Å². The Morgan fingerprint density at radius 2 is 2.12 bits per heavy atom. The first kappa shape index (κ1) is 9.91. The van der Waals surface area contributed by atoms with Gasteiger partial charge in [-0.1, -0.05) is 21.8 Å². The van der Waals surface area contributed by atoms with Crippen molar-refractivity contribution in [2.24, 2.45) is 0 Å². The van der Waals surface area contributed by atoms with Crippen LogP contribution in [0.25, 0.3) is 23.0 Å². The van der Waals surface area contributed by atoms with Gasteiger partial charge in [0, 0.05) is 16.6 Å². The minimum atomic E-state index is 0.344. The van der Waals surface area contributed by atoms with Crippen LogP contribution < -0.4 is 5.73 Å². The quantitative estimate of drug-likeness (QED) is 0.693. The van der Waals surface area contributed by atoms with Crippen LogP contribution in [-0.4, -0.2) is 19.7 Å². The molecular formula is C10H7N5OS. The summed E-state index contributed by atoms with van der Waals surface area (Å²) in [6.07, 6.45) is 0. The van der Waals surface area contributed by atoms with Crippen molar-refractivity contribution in [2.45, 2.75) is 0 Å². The highest BCUT2D eigenvalue weighted by molar-refractivity contribution is 7.03. The third-order valence-electron chi connectivity index (χ3n) is 2.21. The summed E-state index contributed by atoms with van der Waals surface area (Å²) in [6, 6.07) is 7.34. The minimum Gasteiger partial charge on any atom is -0.398 e. The summed E-state index contributed by atoms with van der Waals surface area (Å²) in [5.41, 5.74) is 7.75. The highest BCUT2D eigenvalue weighted by atomic mass is 32.1. The van der Waals surface area contributed by atoms with Crippen molar-refractivity contribution in [3.8, 4) is 23.0 Å². The van der Waals surface area contributed by atoms with Gasteiger partial charge in [0.1, 0.15) is 0 Å². The number of aromatic nitrogens is 4. The lowest BCUT2D eigenvalue weighted by Crippen LogP contribution is -1.90. The number of rotatable bonds is 2. The van der Waals surface area contributed by atoms with E-state index in [0.717, 1.165) is 5.56 Å². The van der Waals surface area contributed by atoms with Crippen molar-refractivity contribution in [1.29, 1.82) is 0 Å². The van der Waals surface area contributed by atoms with Crippen molar-refractivity contribution in [2.75, 3.05) is 5.73 Å². The van der Waals surface area contributed by atoms with E-state index in [4.69, 9.17) is 10.3 Å². The fourth-order valence-electron chi connectivity index (χ4n) is 1.40. The third-order valence-corrected chi connectivity index (χ3v) is 2.71. The maximum absolute atomic E-state index is 5.83. The smallest absolute Gasteiger partial charge is 0.279 e. The van der Waals surface area contributed by atoms with Gasteiger partial charge in [-0.25, -0.2) is 0 Å². The number of hydrogen-bond acceptors (Lipinski definition) is 7. The van der Waals surface area contributed by atoms with Crippen LogP contribution in [0.5, 0.6) is 0 Å². The average Bonchev–Trinajstić information content (AvgIpc) is 3.00. The van der Waals surface area contributed by atoms with E-state index in [-0.39, 0.29) is 0 Å². The Kier molecular flexibility index (Phi) is 2.30. The molecule has 0 unspecified atom stereocenters. The molecule has 2 aromatic heterocycles. The molecule has 84 valence electrons. The van der Waals surface area contributed by atoms with E-state index in [9.17, 15) is 0 Å². The first-order valence-corrected chi connectivity index (χ1v) is 5.64. The van der Waals surface area contributed by atoms with Crippen LogP contribution in [0, 0.1) is 0 Å². The zero-order valence-corrected chi connectivity index (χ0v) is 9.39. The second kappa shape index (κ2) is 3.95. The Balaban J connectivity index is 2.04.